The Labute approximate surface area is 76.1 Å². The van der Waals surface area contributed by atoms with E-state index in [2.05, 4.69) is 18.9 Å². The predicted octanol–water partition coefficient (Wildman–Crippen LogP) is 1.60. The van der Waals surface area contributed by atoms with E-state index in [9.17, 15) is 0 Å². The average molecular weight is 170 g/mol. The highest BCUT2D eigenvalue weighted by Gasteiger charge is 2.18. The summed E-state index contributed by atoms with van der Waals surface area (Å²) in [6.07, 6.45) is 6.78. The van der Waals surface area contributed by atoms with Crippen molar-refractivity contribution in [2.24, 2.45) is 5.73 Å². The van der Waals surface area contributed by atoms with Gasteiger partial charge in [0.1, 0.15) is 0 Å². The number of nitrogens with zero attached hydrogens (tertiary/aromatic N) is 1. The van der Waals surface area contributed by atoms with Crippen LogP contribution in [0.25, 0.3) is 0 Å². The van der Waals surface area contributed by atoms with Crippen molar-refractivity contribution in [1.82, 2.24) is 4.90 Å². The molecule has 1 atom stereocenters. The molecule has 0 aliphatic heterocycles. The number of nitrogens with two attached hydrogens (primary N) is 1. The second kappa shape index (κ2) is 4.83. The predicted molar refractivity (Wildman–Crippen MR) is 53.2 cm³/mol. The van der Waals surface area contributed by atoms with Crippen LogP contribution in [0.15, 0.2) is 0 Å². The van der Waals surface area contributed by atoms with Crippen LogP contribution in [0.2, 0.25) is 0 Å². The van der Waals surface area contributed by atoms with Crippen molar-refractivity contribution in [2.45, 2.75) is 51.1 Å². The maximum atomic E-state index is 5.71. The lowest BCUT2D eigenvalue weighted by atomic mass is 10.2. The summed E-state index contributed by atoms with van der Waals surface area (Å²) in [7, 11) is 2.23. The van der Waals surface area contributed by atoms with Gasteiger partial charge in [-0.05, 0) is 39.8 Å². The van der Waals surface area contributed by atoms with E-state index in [4.69, 9.17) is 5.73 Å². The Morgan fingerprint density at radius 1 is 1.42 bits per heavy atom. The van der Waals surface area contributed by atoms with Gasteiger partial charge in [0.25, 0.3) is 0 Å². The summed E-state index contributed by atoms with van der Waals surface area (Å²) in [5.41, 5.74) is 5.71. The highest BCUT2D eigenvalue weighted by atomic mass is 15.1. The fraction of sp³-hybridized carbons (Fsp3) is 1.00. The third-order valence-corrected chi connectivity index (χ3v) is 2.89. The molecule has 1 aliphatic rings. The number of hydrogen-bond donors (Lipinski definition) is 1. The van der Waals surface area contributed by atoms with Crippen LogP contribution in [0.5, 0.6) is 0 Å². The molecule has 0 heterocycles. The molecule has 1 rings (SSSR count). The second-order valence-electron chi connectivity index (χ2n) is 4.18. The minimum atomic E-state index is 0.355. The van der Waals surface area contributed by atoms with Crippen molar-refractivity contribution in [3.8, 4) is 0 Å². The highest BCUT2D eigenvalue weighted by molar-refractivity contribution is 4.75. The standard InChI is InChI=1S/C10H22N2/c1-9(11)7-8-12(2)10-5-3-4-6-10/h9-10H,3-8,11H2,1-2H3. The van der Waals surface area contributed by atoms with Crippen LogP contribution in [0.1, 0.15) is 39.0 Å². The molecule has 12 heavy (non-hydrogen) atoms. The van der Waals surface area contributed by atoms with E-state index in [1.54, 1.807) is 0 Å². The fourth-order valence-corrected chi connectivity index (χ4v) is 1.93. The van der Waals surface area contributed by atoms with E-state index in [0.29, 0.717) is 6.04 Å². The number of hydrogen-bond acceptors (Lipinski definition) is 2. The Morgan fingerprint density at radius 2 is 2.00 bits per heavy atom. The topological polar surface area (TPSA) is 29.3 Å². The van der Waals surface area contributed by atoms with E-state index < -0.39 is 0 Å². The zero-order chi connectivity index (χ0) is 8.97. The molecule has 0 saturated heterocycles. The van der Waals surface area contributed by atoms with Crippen LogP contribution < -0.4 is 5.73 Å². The SMILES string of the molecule is CC(N)CCN(C)C1CCCC1. The lowest BCUT2D eigenvalue weighted by Crippen LogP contribution is -2.32. The molecule has 1 aliphatic carbocycles. The van der Waals surface area contributed by atoms with E-state index in [1.165, 1.54) is 32.2 Å². The Hall–Kier alpha value is -0.0800. The second-order valence-corrected chi connectivity index (χ2v) is 4.18. The van der Waals surface area contributed by atoms with Gasteiger partial charge in [-0.2, -0.15) is 0 Å². The first-order valence-electron chi connectivity index (χ1n) is 5.16. The molecule has 1 unspecified atom stereocenters. The van der Waals surface area contributed by atoms with Crippen molar-refractivity contribution < 1.29 is 0 Å². The van der Waals surface area contributed by atoms with Crippen molar-refractivity contribution >= 4 is 0 Å². The first-order valence-corrected chi connectivity index (χ1v) is 5.16. The van der Waals surface area contributed by atoms with Gasteiger partial charge in [-0.25, -0.2) is 0 Å². The third kappa shape index (κ3) is 3.11. The molecule has 1 saturated carbocycles. The van der Waals surface area contributed by atoms with Crippen molar-refractivity contribution in [3.05, 3.63) is 0 Å². The molecule has 72 valence electrons. The largest absolute Gasteiger partial charge is 0.328 e. The van der Waals surface area contributed by atoms with Gasteiger partial charge in [-0.15, -0.1) is 0 Å². The summed E-state index contributed by atoms with van der Waals surface area (Å²) < 4.78 is 0. The Kier molecular flexibility index (Phi) is 4.02. The average Bonchev–Trinajstić information content (AvgIpc) is 2.51. The zero-order valence-corrected chi connectivity index (χ0v) is 8.42. The van der Waals surface area contributed by atoms with Gasteiger partial charge in [0.15, 0.2) is 0 Å². The van der Waals surface area contributed by atoms with Crippen molar-refractivity contribution in [1.29, 1.82) is 0 Å². The molecule has 1 fully saturated rings. The van der Waals surface area contributed by atoms with Crippen LogP contribution in [-0.2, 0) is 0 Å². The lowest BCUT2D eigenvalue weighted by molar-refractivity contribution is 0.238. The van der Waals surface area contributed by atoms with E-state index >= 15 is 0 Å². The van der Waals surface area contributed by atoms with Gasteiger partial charge in [0.05, 0.1) is 0 Å². The molecule has 2 heteroatoms. The smallest absolute Gasteiger partial charge is 0.00922 e. The maximum Gasteiger partial charge on any atom is 0.00922 e. The maximum absolute atomic E-state index is 5.71. The minimum Gasteiger partial charge on any atom is -0.328 e. The quantitative estimate of drug-likeness (QED) is 0.694. The molecule has 0 aromatic heterocycles. The summed E-state index contributed by atoms with van der Waals surface area (Å²) in [4.78, 5) is 2.48. The molecule has 0 aromatic rings. The molecule has 0 spiro atoms. The van der Waals surface area contributed by atoms with Gasteiger partial charge in [0, 0.05) is 12.1 Å². The normalized spacial score (nSPS) is 22.0. The molecule has 0 radical (unpaired) electrons. The van der Waals surface area contributed by atoms with E-state index in [0.717, 1.165) is 12.5 Å². The Morgan fingerprint density at radius 3 is 2.50 bits per heavy atom. The van der Waals surface area contributed by atoms with Gasteiger partial charge in [-0.3, -0.25) is 0 Å². The molecular formula is C10H22N2. The summed E-state index contributed by atoms with van der Waals surface area (Å²) >= 11 is 0. The highest BCUT2D eigenvalue weighted by Crippen LogP contribution is 2.22. The fourth-order valence-electron chi connectivity index (χ4n) is 1.93. The van der Waals surface area contributed by atoms with Crippen LogP contribution in [-0.4, -0.2) is 30.6 Å². The van der Waals surface area contributed by atoms with Gasteiger partial charge < -0.3 is 10.6 Å². The lowest BCUT2D eigenvalue weighted by Gasteiger charge is -2.24. The third-order valence-electron chi connectivity index (χ3n) is 2.89. The minimum absolute atomic E-state index is 0.355. The summed E-state index contributed by atoms with van der Waals surface area (Å²) in [6, 6.07) is 1.21. The van der Waals surface area contributed by atoms with Gasteiger partial charge in [-0.1, -0.05) is 12.8 Å². The van der Waals surface area contributed by atoms with Crippen molar-refractivity contribution in [3.63, 3.8) is 0 Å². The summed E-state index contributed by atoms with van der Waals surface area (Å²) in [5, 5.41) is 0. The van der Waals surface area contributed by atoms with Crippen molar-refractivity contribution in [2.75, 3.05) is 13.6 Å². The monoisotopic (exact) mass is 170 g/mol. The Bertz CT molecular complexity index is 117. The zero-order valence-electron chi connectivity index (χ0n) is 8.42. The first kappa shape index (κ1) is 10.0. The van der Waals surface area contributed by atoms with E-state index in [-0.39, 0.29) is 0 Å². The van der Waals surface area contributed by atoms with Crippen LogP contribution in [0, 0.1) is 0 Å². The van der Waals surface area contributed by atoms with Gasteiger partial charge in [0.2, 0.25) is 0 Å². The number of rotatable bonds is 4. The molecular weight excluding hydrogens is 148 g/mol. The van der Waals surface area contributed by atoms with E-state index in [1.807, 2.05) is 0 Å². The molecule has 0 bridgehead atoms. The molecule has 0 aromatic carbocycles. The van der Waals surface area contributed by atoms with Crippen LogP contribution in [0.4, 0.5) is 0 Å². The molecule has 2 N–H and O–H groups in total. The molecule has 2 nitrogen and oxygen atoms in total. The van der Waals surface area contributed by atoms with Crippen LogP contribution in [0.3, 0.4) is 0 Å². The Balaban J connectivity index is 2.13. The summed E-state index contributed by atoms with van der Waals surface area (Å²) in [5.74, 6) is 0. The summed E-state index contributed by atoms with van der Waals surface area (Å²) in [6.45, 7) is 3.25. The molecule has 0 amide bonds. The van der Waals surface area contributed by atoms with Crippen LogP contribution >= 0.6 is 0 Å². The first-order chi connectivity index (χ1) is 5.70. The van der Waals surface area contributed by atoms with Gasteiger partial charge >= 0.3 is 0 Å².